The molecule has 0 aromatic heterocycles. The number of piperazine rings is 1. The molecule has 0 saturated carbocycles. The van der Waals surface area contributed by atoms with Crippen LogP contribution in [0.1, 0.15) is 61.4 Å². The summed E-state index contributed by atoms with van der Waals surface area (Å²) in [4.78, 5) is 33.8. The van der Waals surface area contributed by atoms with E-state index in [9.17, 15) is 4.79 Å². The van der Waals surface area contributed by atoms with Crippen molar-refractivity contribution in [3.05, 3.63) is 111 Å². The van der Waals surface area contributed by atoms with Crippen LogP contribution in [0, 0.1) is 13.8 Å². The molecule has 0 spiro atoms. The van der Waals surface area contributed by atoms with Crippen molar-refractivity contribution in [2.75, 3.05) is 34.7 Å². The fraction of sp³-hybridized carbons (Fsp3) is 0.350. The van der Waals surface area contributed by atoms with Gasteiger partial charge in [0.2, 0.25) is 12.7 Å². The topological polar surface area (TPSA) is 96.0 Å². The Labute approximate surface area is 291 Å². The third kappa shape index (κ3) is 4.92. The van der Waals surface area contributed by atoms with E-state index in [-0.39, 0.29) is 25.1 Å². The summed E-state index contributed by atoms with van der Waals surface area (Å²) in [5.74, 6) is 2.21. The Kier molecular flexibility index (Phi) is 8.16. The first-order valence-corrected chi connectivity index (χ1v) is 16.9. The minimum absolute atomic E-state index is 0.00155. The normalized spacial score (nSPS) is 21.7. The zero-order chi connectivity index (χ0) is 34.7. The molecule has 1 fully saturated rings. The number of aryl methyl sites for hydroxylation is 1. The van der Waals surface area contributed by atoms with Gasteiger partial charge in [0.05, 0.1) is 51.1 Å². The summed E-state index contributed by atoms with van der Waals surface area (Å²) in [5, 5.41) is 0. The van der Waals surface area contributed by atoms with Crippen molar-refractivity contribution in [3.63, 3.8) is 0 Å². The second kappa shape index (κ2) is 12.7. The van der Waals surface area contributed by atoms with Gasteiger partial charge in [-0.1, -0.05) is 66.7 Å². The van der Waals surface area contributed by atoms with Gasteiger partial charge in [0.25, 0.3) is 0 Å². The molecular formula is C40H40N2O8. The highest BCUT2D eigenvalue weighted by Gasteiger charge is 2.59. The fourth-order valence-corrected chi connectivity index (χ4v) is 8.36. The summed E-state index contributed by atoms with van der Waals surface area (Å²) < 4.78 is 37.0. The number of ketones is 1. The average Bonchev–Trinajstić information content (AvgIpc) is 3.62. The van der Waals surface area contributed by atoms with Gasteiger partial charge in [0.1, 0.15) is 18.4 Å². The molecule has 258 valence electrons. The van der Waals surface area contributed by atoms with Crippen LogP contribution in [-0.4, -0.2) is 68.2 Å². The number of Topliss-reactive ketones (excluding diaryl/α,β-unsaturated/α-hetero) is 1. The lowest BCUT2D eigenvalue weighted by atomic mass is 9.73. The molecule has 4 heterocycles. The molecule has 0 radical (unpaired) electrons. The largest absolute Gasteiger partial charge is 0.496 e. The predicted octanol–water partition coefficient (Wildman–Crippen LogP) is 5.89. The molecule has 8 rings (SSSR count). The number of benzene rings is 4. The summed E-state index contributed by atoms with van der Waals surface area (Å²) >= 11 is 0. The number of carbonyl (C=O) groups is 2. The van der Waals surface area contributed by atoms with E-state index >= 15 is 4.79 Å². The molecule has 2 bridgehead atoms. The summed E-state index contributed by atoms with van der Waals surface area (Å²) in [7, 11) is 5.11. The van der Waals surface area contributed by atoms with Crippen LogP contribution in [-0.2, 0) is 29.2 Å². The molecule has 10 nitrogen and oxygen atoms in total. The lowest BCUT2D eigenvalue weighted by molar-refractivity contribution is -0.156. The van der Waals surface area contributed by atoms with Gasteiger partial charge in [0, 0.05) is 16.7 Å². The highest BCUT2D eigenvalue weighted by molar-refractivity contribution is 6.10. The highest BCUT2D eigenvalue weighted by atomic mass is 16.7. The first-order valence-electron chi connectivity index (χ1n) is 16.9. The van der Waals surface area contributed by atoms with E-state index in [0.717, 1.165) is 27.8 Å². The second-order valence-electron chi connectivity index (χ2n) is 13.3. The van der Waals surface area contributed by atoms with Crippen molar-refractivity contribution in [2.45, 2.75) is 57.6 Å². The number of nitrogens with zero attached hydrogens (tertiary/aromatic N) is 2. The minimum Gasteiger partial charge on any atom is -0.496 e. The summed E-state index contributed by atoms with van der Waals surface area (Å²) in [5.41, 5.74) is 6.35. The zero-order valence-electron chi connectivity index (χ0n) is 28.9. The van der Waals surface area contributed by atoms with Gasteiger partial charge in [-0.15, -0.1) is 0 Å². The second-order valence-corrected chi connectivity index (χ2v) is 13.3. The maximum Gasteiger partial charge on any atom is 0.241 e. The predicted molar refractivity (Wildman–Crippen MR) is 184 cm³/mol. The van der Waals surface area contributed by atoms with Gasteiger partial charge in [-0.25, -0.2) is 0 Å². The average molecular weight is 677 g/mol. The number of likely N-dealkylation sites (N-methyl/N-ethyl adjacent to an activating group) is 1. The molecule has 1 amide bonds. The molecule has 0 unspecified atom stereocenters. The van der Waals surface area contributed by atoms with Crippen molar-refractivity contribution in [3.8, 4) is 28.7 Å². The van der Waals surface area contributed by atoms with Gasteiger partial charge in [-0.3, -0.25) is 14.5 Å². The van der Waals surface area contributed by atoms with E-state index in [0.29, 0.717) is 65.1 Å². The molecule has 10 heteroatoms. The monoisotopic (exact) mass is 676 g/mol. The van der Waals surface area contributed by atoms with Crippen molar-refractivity contribution in [1.82, 2.24) is 9.80 Å². The molecule has 4 aromatic rings. The quantitative estimate of drug-likeness (QED) is 0.215. The van der Waals surface area contributed by atoms with Crippen LogP contribution in [0.25, 0.3) is 0 Å². The van der Waals surface area contributed by atoms with Crippen LogP contribution in [0.15, 0.2) is 66.7 Å². The molecule has 4 atom stereocenters. The molecule has 0 N–H and O–H groups in total. The Hall–Kier alpha value is -5.06. The Morgan fingerprint density at radius 3 is 2.14 bits per heavy atom. The van der Waals surface area contributed by atoms with Crippen LogP contribution in [0.2, 0.25) is 0 Å². The van der Waals surface area contributed by atoms with Crippen LogP contribution >= 0.6 is 0 Å². The van der Waals surface area contributed by atoms with Crippen LogP contribution < -0.4 is 23.7 Å². The Morgan fingerprint density at radius 1 is 0.800 bits per heavy atom. The highest BCUT2D eigenvalue weighted by Crippen LogP contribution is 2.57. The maximum absolute atomic E-state index is 15.2. The molecule has 4 aliphatic rings. The number of hydrogen-bond donors (Lipinski definition) is 0. The number of methoxy groups -OCH3 is 2. The Morgan fingerprint density at radius 2 is 1.46 bits per heavy atom. The Balaban J connectivity index is 1.30. The third-order valence-corrected chi connectivity index (χ3v) is 10.6. The van der Waals surface area contributed by atoms with Crippen LogP contribution in [0.3, 0.4) is 0 Å². The van der Waals surface area contributed by atoms with Crippen molar-refractivity contribution in [1.29, 1.82) is 0 Å². The summed E-state index contributed by atoms with van der Waals surface area (Å²) in [6.45, 7) is 4.62. The lowest BCUT2D eigenvalue weighted by Crippen LogP contribution is -2.68. The van der Waals surface area contributed by atoms with Crippen molar-refractivity contribution < 1.29 is 38.0 Å². The van der Waals surface area contributed by atoms with Crippen molar-refractivity contribution in [2.24, 2.45) is 0 Å². The summed E-state index contributed by atoms with van der Waals surface area (Å²) in [6.07, 6.45) is 0.449. The Bertz CT molecular complexity index is 1980. The standard InChI is InChI=1S/C40H40N2O8/c1-22-16-26-17-27-40(44)42-28(20-47-18-24-12-8-6-9-13-24)30-31(36(46-5)23(2)37-39(30)50-21-49-37)34(43)33(42)32(41(27)3)29(26)38(35(22)45-4)48-19-25-14-10-7-11-15-25/h6-16,27-28,32-33H,17-21H2,1-5H3/t27-,28-,32+,33-/m0/s1. The number of amides is 1. The molecule has 1 saturated heterocycles. The van der Waals surface area contributed by atoms with Crippen LogP contribution in [0.4, 0.5) is 0 Å². The molecule has 0 aliphatic carbocycles. The van der Waals surface area contributed by atoms with E-state index in [1.165, 1.54) is 0 Å². The number of fused-ring (bicyclic) bond motifs is 9. The van der Waals surface area contributed by atoms with Crippen LogP contribution in [0.5, 0.6) is 28.7 Å². The van der Waals surface area contributed by atoms with E-state index in [1.54, 1.807) is 19.1 Å². The number of rotatable bonds is 9. The molecule has 4 aromatic carbocycles. The SMILES string of the molecule is COc1c(C)cc2c(c1OCc1ccccc1)[C@@H]1[C@H]3C(=O)c4c(OC)c(C)c5c(c4[C@H](COCc4ccccc4)N3C(=O)[C@H](C2)N1C)OCO5. The van der Waals surface area contributed by atoms with Crippen molar-refractivity contribution >= 4 is 11.7 Å². The van der Waals surface area contributed by atoms with Gasteiger partial charge in [-0.2, -0.15) is 0 Å². The van der Waals surface area contributed by atoms with E-state index in [1.807, 2.05) is 86.5 Å². The molecule has 4 aliphatic heterocycles. The summed E-state index contributed by atoms with van der Waals surface area (Å²) in [6, 6.07) is 19.3. The maximum atomic E-state index is 15.2. The van der Waals surface area contributed by atoms with E-state index < -0.39 is 24.2 Å². The molecule has 50 heavy (non-hydrogen) atoms. The first kappa shape index (κ1) is 32.2. The minimum atomic E-state index is -0.916. The van der Waals surface area contributed by atoms with Gasteiger partial charge in [-0.05, 0) is 49.6 Å². The molecular weight excluding hydrogens is 636 g/mol. The first-order chi connectivity index (χ1) is 24.3. The third-order valence-electron chi connectivity index (χ3n) is 10.6. The van der Waals surface area contributed by atoms with E-state index in [2.05, 4.69) is 6.07 Å². The van der Waals surface area contributed by atoms with Gasteiger partial charge in [0.15, 0.2) is 28.8 Å². The fourth-order valence-electron chi connectivity index (χ4n) is 8.36. The lowest BCUT2D eigenvalue weighted by Gasteiger charge is -2.56. The smallest absolute Gasteiger partial charge is 0.241 e. The van der Waals surface area contributed by atoms with Gasteiger partial charge < -0.3 is 33.3 Å². The van der Waals surface area contributed by atoms with E-state index in [4.69, 9.17) is 28.4 Å². The zero-order valence-corrected chi connectivity index (χ0v) is 28.9. The van der Waals surface area contributed by atoms with Gasteiger partial charge >= 0.3 is 0 Å². The number of ether oxygens (including phenoxy) is 6. The number of carbonyl (C=O) groups excluding carboxylic acids is 2. The number of hydrogen-bond acceptors (Lipinski definition) is 9.